The van der Waals surface area contributed by atoms with Crippen molar-refractivity contribution in [2.75, 3.05) is 13.2 Å². The summed E-state index contributed by atoms with van der Waals surface area (Å²) in [4.78, 5) is 11.4. The van der Waals surface area contributed by atoms with Crippen LogP contribution in [-0.4, -0.2) is 86.8 Å². The maximum absolute atomic E-state index is 11.4. The summed E-state index contributed by atoms with van der Waals surface area (Å²) in [5.41, 5.74) is 0.583. The third-order valence-electron chi connectivity index (χ3n) is 5.06. The van der Waals surface area contributed by atoms with Gasteiger partial charge in [0.25, 0.3) is 0 Å². The number of aliphatic carboxylic acids is 1. The number of ether oxygens (including phenoxy) is 3. The van der Waals surface area contributed by atoms with Gasteiger partial charge in [-0.05, 0) is 12.0 Å². The third-order valence-corrected chi connectivity index (χ3v) is 5.06. The Balaban J connectivity index is 1.80. The number of carboxylic acids is 1. The van der Waals surface area contributed by atoms with Gasteiger partial charge in [-0.15, -0.1) is 0 Å². The molecule has 26 heavy (non-hydrogen) atoms. The van der Waals surface area contributed by atoms with Crippen molar-refractivity contribution in [1.29, 1.82) is 0 Å². The van der Waals surface area contributed by atoms with E-state index in [9.17, 15) is 35.4 Å². The first-order chi connectivity index (χ1) is 12.4. The van der Waals surface area contributed by atoms with E-state index in [0.29, 0.717) is 12.0 Å². The second-order valence-corrected chi connectivity index (χ2v) is 6.52. The molecule has 10 nitrogen and oxygen atoms in total. The highest BCUT2D eigenvalue weighted by molar-refractivity contribution is 5.87. The Labute approximate surface area is 148 Å². The average Bonchev–Trinajstić information content (AvgIpc) is 3.06. The normalized spacial score (nSPS) is 42.5. The topological polar surface area (TPSA) is 166 Å². The number of rotatable bonds is 5. The first-order valence-electron chi connectivity index (χ1n) is 8.23. The average molecular weight is 374 g/mol. The molecular weight excluding hydrogens is 352 g/mol. The highest BCUT2D eigenvalue weighted by Gasteiger charge is 2.49. The molecule has 10 heteroatoms. The van der Waals surface area contributed by atoms with Gasteiger partial charge in [0.15, 0.2) is 6.29 Å². The largest absolute Gasteiger partial charge is 0.478 e. The highest BCUT2D eigenvalue weighted by Crippen LogP contribution is 2.44. The molecule has 0 aromatic carbocycles. The Morgan fingerprint density at radius 3 is 2.50 bits per heavy atom. The van der Waals surface area contributed by atoms with Crippen LogP contribution in [0, 0.1) is 11.8 Å². The molecule has 2 heterocycles. The first-order valence-corrected chi connectivity index (χ1v) is 8.23. The van der Waals surface area contributed by atoms with Crippen molar-refractivity contribution in [2.45, 2.75) is 43.4 Å². The van der Waals surface area contributed by atoms with E-state index in [1.807, 2.05) is 0 Å². The molecule has 0 saturated carbocycles. The van der Waals surface area contributed by atoms with E-state index in [1.165, 1.54) is 0 Å². The maximum Gasteiger partial charge on any atom is 0.335 e. The lowest BCUT2D eigenvalue weighted by Crippen LogP contribution is -2.60. The Bertz CT molecular complexity index is 600. The Kier molecular flexibility index (Phi) is 5.63. The number of aliphatic hydroxyl groups excluding tert-OH is 5. The molecule has 6 N–H and O–H groups in total. The molecule has 3 rings (SSSR count). The van der Waals surface area contributed by atoms with Gasteiger partial charge in [0.1, 0.15) is 24.4 Å². The Morgan fingerprint density at radius 1 is 1.15 bits per heavy atom. The maximum atomic E-state index is 11.4. The molecule has 1 saturated heterocycles. The lowest BCUT2D eigenvalue weighted by atomic mass is 9.83. The summed E-state index contributed by atoms with van der Waals surface area (Å²) in [5.74, 6) is -2.22. The summed E-state index contributed by atoms with van der Waals surface area (Å²) < 4.78 is 16.3. The van der Waals surface area contributed by atoms with E-state index in [1.54, 1.807) is 6.08 Å². The zero-order chi connectivity index (χ0) is 19.0. The van der Waals surface area contributed by atoms with Crippen LogP contribution in [0.4, 0.5) is 0 Å². The van der Waals surface area contributed by atoms with Gasteiger partial charge in [0.05, 0.1) is 31.0 Å². The minimum Gasteiger partial charge on any atom is -0.478 e. The molecular formula is C16H22O10. The van der Waals surface area contributed by atoms with Crippen LogP contribution in [0.5, 0.6) is 0 Å². The van der Waals surface area contributed by atoms with E-state index in [-0.39, 0.29) is 12.2 Å². The first kappa shape index (κ1) is 19.2. The predicted octanol–water partition coefficient (Wildman–Crippen LogP) is -2.32. The number of carboxylic acid groups (broad SMARTS) is 1. The van der Waals surface area contributed by atoms with Crippen LogP contribution >= 0.6 is 0 Å². The van der Waals surface area contributed by atoms with Crippen LogP contribution in [0.15, 0.2) is 23.5 Å². The standard InChI is InChI=1S/C16H22O10/c17-3-6-1-2-7-8(14(22)23)5-24-15(10(6)7)26-16-13(21)12(20)11(19)9(4-18)25-16/h1,5,7,9-13,15-21H,2-4H2,(H,22,23)/t7-,9-,10-,11+,12-,13-,15+,16+/m1/s1. The molecule has 0 spiro atoms. The van der Waals surface area contributed by atoms with Crippen LogP contribution < -0.4 is 0 Å². The van der Waals surface area contributed by atoms with Crippen molar-refractivity contribution in [1.82, 2.24) is 0 Å². The lowest BCUT2D eigenvalue weighted by Gasteiger charge is -2.42. The Morgan fingerprint density at radius 2 is 1.88 bits per heavy atom. The molecule has 3 aliphatic rings. The van der Waals surface area contributed by atoms with Gasteiger partial charge in [-0.25, -0.2) is 4.79 Å². The van der Waals surface area contributed by atoms with Crippen LogP contribution in [0.1, 0.15) is 6.42 Å². The summed E-state index contributed by atoms with van der Waals surface area (Å²) in [5, 5.41) is 57.8. The molecule has 0 radical (unpaired) electrons. The van der Waals surface area contributed by atoms with Crippen LogP contribution in [0.25, 0.3) is 0 Å². The molecule has 1 fully saturated rings. The van der Waals surface area contributed by atoms with Gasteiger partial charge < -0.3 is 44.8 Å². The van der Waals surface area contributed by atoms with Gasteiger partial charge >= 0.3 is 5.97 Å². The van der Waals surface area contributed by atoms with Crippen molar-refractivity contribution < 1.29 is 49.6 Å². The van der Waals surface area contributed by atoms with E-state index in [2.05, 4.69) is 0 Å². The fourth-order valence-electron chi connectivity index (χ4n) is 3.62. The lowest BCUT2D eigenvalue weighted by molar-refractivity contribution is -0.339. The molecule has 0 aromatic rings. The van der Waals surface area contributed by atoms with Crippen molar-refractivity contribution in [2.24, 2.45) is 11.8 Å². The van der Waals surface area contributed by atoms with E-state index in [4.69, 9.17) is 14.2 Å². The predicted molar refractivity (Wildman–Crippen MR) is 82.2 cm³/mol. The highest BCUT2D eigenvalue weighted by atomic mass is 16.8. The monoisotopic (exact) mass is 374 g/mol. The summed E-state index contributed by atoms with van der Waals surface area (Å²) >= 11 is 0. The van der Waals surface area contributed by atoms with Gasteiger partial charge in [0.2, 0.25) is 6.29 Å². The van der Waals surface area contributed by atoms with Crippen LogP contribution in [0.2, 0.25) is 0 Å². The van der Waals surface area contributed by atoms with Crippen LogP contribution in [0.3, 0.4) is 0 Å². The van der Waals surface area contributed by atoms with E-state index in [0.717, 1.165) is 6.26 Å². The summed E-state index contributed by atoms with van der Waals surface area (Å²) in [7, 11) is 0. The van der Waals surface area contributed by atoms with E-state index >= 15 is 0 Å². The molecule has 0 unspecified atom stereocenters. The zero-order valence-corrected chi connectivity index (χ0v) is 13.7. The van der Waals surface area contributed by atoms with Gasteiger partial charge in [-0.2, -0.15) is 0 Å². The van der Waals surface area contributed by atoms with Gasteiger partial charge in [-0.1, -0.05) is 6.08 Å². The number of hydrogen-bond acceptors (Lipinski definition) is 9. The minimum atomic E-state index is -1.61. The molecule has 0 amide bonds. The molecule has 0 aromatic heterocycles. The van der Waals surface area contributed by atoms with Crippen LogP contribution in [-0.2, 0) is 19.0 Å². The Hall–Kier alpha value is -1.53. The van der Waals surface area contributed by atoms with Crippen molar-refractivity contribution in [3.8, 4) is 0 Å². The zero-order valence-electron chi connectivity index (χ0n) is 13.7. The summed E-state index contributed by atoms with van der Waals surface area (Å²) in [6.45, 7) is -0.917. The molecule has 0 bridgehead atoms. The smallest absolute Gasteiger partial charge is 0.335 e. The van der Waals surface area contributed by atoms with E-state index < -0.39 is 61.4 Å². The fourth-order valence-corrected chi connectivity index (χ4v) is 3.62. The number of fused-ring (bicyclic) bond motifs is 1. The molecule has 2 aliphatic heterocycles. The molecule has 8 atom stereocenters. The number of allylic oxidation sites excluding steroid dienone is 1. The van der Waals surface area contributed by atoms with Gasteiger partial charge in [-0.3, -0.25) is 0 Å². The fraction of sp³-hybridized carbons (Fsp3) is 0.688. The quantitative estimate of drug-likeness (QED) is 0.288. The number of carbonyl (C=O) groups is 1. The van der Waals surface area contributed by atoms with Crippen molar-refractivity contribution in [3.63, 3.8) is 0 Å². The second-order valence-electron chi connectivity index (χ2n) is 6.52. The number of hydrogen-bond donors (Lipinski definition) is 6. The third kappa shape index (κ3) is 3.25. The van der Waals surface area contributed by atoms with Gasteiger partial charge in [0, 0.05) is 5.92 Å². The second kappa shape index (κ2) is 7.61. The van der Waals surface area contributed by atoms with Crippen molar-refractivity contribution >= 4 is 5.97 Å². The summed E-state index contributed by atoms with van der Waals surface area (Å²) in [6, 6.07) is 0. The molecule has 1 aliphatic carbocycles. The summed E-state index contributed by atoms with van der Waals surface area (Å²) in [6.07, 6.45) is -5.21. The number of aliphatic hydroxyl groups is 5. The minimum absolute atomic E-state index is 0.0448. The van der Waals surface area contributed by atoms with Crippen molar-refractivity contribution in [3.05, 3.63) is 23.5 Å². The molecule has 146 valence electrons. The SMILES string of the molecule is O=C(O)C1=CO[C@@H](O[C@@H]2O[C@H](CO)[C@H](O)[C@@H](O)[C@H]2O)[C@@H]2C(CO)=CC[C@H]12.